The third-order valence-corrected chi connectivity index (χ3v) is 3.57. The Bertz CT molecular complexity index is 557. The van der Waals surface area contributed by atoms with Gasteiger partial charge in [0.05, 0.1) is 5.52 Å². The van der Waals surface area contributed by atoms with Crippen LogP contribution in [0.4, 0.5) is 5.82 Å². The standard InChI is InChI=1S/C12H14Br2N4/c1-18(2)4-3-15-12-9-5-8(13)6-10(14)11(9)16-7-17-12/h5-7H,3-4H2,1-2H3,(H,15,16,17). The number of nitrogens with one attached hydrogen (secondary N) is 1. The van der Waals surface area contributed by atoms with Crippen LogP contribution in [0.1, 0.15) is 0 Å². The molecule has 0 atom stereocenters. The minimum absolute atomic E-state index is 0.850. The minimum atomic E-state index is 0.850. The van der Waals surface area contributed by atoms with E-state index in [1.807, 2.05) is 26.2 Å². The average Bonchev–Trinajstić information content (AvgIpc) is 2.29. The molecule has 0 aliphatic rings. The molecular weight excluding hydrogens is 360 g/mol. The van der Waals surface area contributed by atoms with E-state index in [-0.39, 0.29) is 0 Å². The molecule has 2 rings (SSSR count). The van der Waals surface area contributed by atoms with Crippen LogP contribution in [-0.4, -0.2) is 42.1 Å². The number of hydrogen-bond donors (Lipinski definition) is 1. The molecule has 1 aromatic carbocycles. The molecule has 1 N–H and O–H groups in total. The predicted molar refractivity (Wildman–Crippen MR) is 82.0 cm³/mol. The first-order valence-corrected chi connectivity index (χ1v) is 7.15. The molecule has 0 fully saturated rings. The quantitative estimate of drug-likeness (QED) is 0.893. The molecule has 0 saturated heterocycles. The van der Waals surface area contributed by atoms with Crippen LogP contribution in [0.25, 0.3) is 10.9 Å². The summed E-state index contributed by atoms with van der Waals surface area (Å²) < 4.78 is 1.97. The highest BCUT2D eigenvalue weighted by Gasteiger charge is 2.07. The highest BCUT2D eigenvalue weighted by Crippen LogP contribution is 2.29. The smallest absolute Gasteiger partial charge is 0.137 e. The molecule has 18 heavy (non-hydrogen) atoms. The summed E-state index contributed by atoms with van der Waals surface area (Å²) in [4.78, 5) is 10.7. The van der Waals surface area contributed by atoms with Crippen molar-refractivity contribution in [3.8, 4) is 0 Å². The molecule has 0 aliphatic carbocycles. The summed E-state index contributed by atoms with van der Waals surface area (Å²) >= 11 is 7.00. The number of rotatable bonds is 4. The minimum Gasteiger partial charge on any atom is -0.368 e. The fourth-order valence-corrected chi connectivity index (χ4v) is 2.96. The number of likely N-dealkylation sites (N-methyl/N-ethyl adjacent to an activating group) is 1. The summed E-state index contributed by atoms with van der Waals surface area (Å²) in [6, 6.07) is 4.01. The van der Waals surface area contributed by atoms with E-state index in [1.54, 1.807) is 6.33 Å². The fraction of sp³-hybridized carbons (Fsp3) is 0.333. The van der Waals surface area contributed by atoms with Crippen molar-refractivity contribution in [1.82, 2.24) is 14.9 Å². The number of benzene rings is 1. The third-order valence-electron chi connectivity index (χ3n) is 2.51. The Labute approximate surface area is 123 Å². The van der Waals surface area contributed by atoms with Crippen LogP contribution in [0.3, 0.4) is 0 Å². The van der Waals surface area contributed by atoms with Crippen molar-refractivity contribution in [3.63, 3.8) is 0 Å². The van der Waals surface area contributed by atoms with Gasteiger partial charge in [-0.2, -0.15) is 0 Å². The summed E-state index contributed by atoms with van der Waals surface area (Å²) in [5.74, 6) is 0.865. The fourth-order valence-electron chi connectivity index (χ4n) is 1.63. The van der Waals surface area contributed by atoms with Gasteiger partial charge in [0.1, 0.15) is 12.1 Å². The van der Waals surface area contributed by atoms with Crippen molar-refractivity contribution in [3.05, 3.63) is 27.4 Å². The van der Waals surface area contributed by atoms with Crippen molar-refractivity contribution in [2.24, 2.45) is 0 Å². The van der Waals surface area contributed by atoms with E-state index in [0.29, 0.717) is 0 Å². The van der Waals surface area contributed by atoms with Crippen LogP contribution in [-0.2, 0) is 0 Å². The van der Waals surface area contributed by atoms with Gasteiger partial charge < -0.3 is 10.2 Å². The van der Waals surface area contributed by atoms with Gasteiger partial charge >= 0.3 is 0 Å². The monoisotopic (exact) mass is 372 g/mol. The first-order chi connectivity index (χ1) is 8.58. The topological polar surface area (TPSA) is 41.0 Å². The number of halogens is 2. The van der Waals surface area contributed by atoms with Gasteiger partial charge in [-0.05, 0) is 42.2 Å². The Morgan fingerprint density at radius 1 is 1.22 bits per heavy atom. The van der Waals surface area contributed by atoms with Gasteiger partial charge in [-0.25, -0.2) is 9.97 Å². The Morgan fingerprint density at radius 2 is 2.00 bits per heavy atom. The van der Waals surface area contributed by atoms with Crippen molar-refractivity contribution >= 4 is 48.6 Å². The maximum absolute atomic E-state index is 4.30. The van der Waals surface area contributed by atoms with E-state index in [2.05, 4.69) is 52.0 Å². The van der Waals surface area contributed by atoms with Gasteiger partial charge in [0.2, 0.25) is 0 Å². The lowest BCUT2D eigenvalue weighted by molar-refractivity contribution is 0.425. The molecule has 0 saturated carbocycles. The molecule has 0 radical (unpaired) electrons. The van der Waals surface area contributed by atoms with Gasteiger partial charge in [-0.3, -0.25) is 0 Å². The van der Waals surface area contributed by atoms with Crippen molar-refractivity contribution in [2.75, 3.05) is 32.5 Å². The van der Waals surface area contributed by atoms with E-state index in [4.69, 9.17) is 0 Å². The Kier molecular flexibility index (Phi) is 4.53. The van der Waals surface area contributed by atoms with E-state index in [0.717, 1.165) is 38.8 Å². The summed E-state index contributed by atoms with van der Waals surface area (Å²) in [6.07, 6.45) is 1.58. The molecular formula is C12H14Br2N4. The largest absolute Gasteiger partial charge is 0.368 e. The number of anilines is 1. The first kappa shape index (κ1) is 13.7. The molecule has 4 nitrogen and oxygen atoms in total. The highest BCUT2D eigenvalue weighted by molar-refractivity contribution is 9.11. The average molecular weight is 374 g/mol. The molecule has 0 spiro atoms. The molecule has 1 heterocycles. The van der Waals surface area contributed by atoms with Crippen LogP contribution in [0.5, 0.6) is 0 Å². The molecule has 1 aromatic heterocycles. The van der Waals surface area contributed by atoms with E-state index in [1.165, 1.54) is 0 Å². The molecule has 0 unspecified atom stereocenters. The molecule has 0 aliphatic heterocycles. The Morgan fingerprint density at radius 3 is 2.72 bits per heavy atom. The lowest BCUT2D eigenvalue weighted by Gasteiger charge is -2.12. The Hall–Kier alpha value is -0.720. The SMILES string of the molecule is CN(C)CCNc1ncnc2c(Br)cc(Br)cc12. The zero-order valence-electron chi connectivity index (χ0n) is 10.2. The van der Waals surface area contributed by atoms with Gasteiger partial charge in [0.25, 0.3) is 0 Å². The maximum Gasteiger partial charge on any atom is 0.137 e. The summed E-state index contributed by atoms with van der Waals surface area (Å²) in [7, 11) is 4.10. The number of nitrogens with zero attached hydrogens (tertiary/aromatic N) is 3. The van der Waals surface area contributed by atoms with Crippen molar-refractivity contribution in [2.45, 2.75) is 0 Å². The molecule has 0 bridgehead atoms. The first-order valence-electron chi connectivity index (χ1n) is 5.56. The van der Waals surface area contributed by atoms with E-state index >= 15 is 0 Å². The van der Waals surface area contributed by atoms with Crippen LogP contribution in [0.2, 0.25) is 0 Å². The maximum atomic E-state index is 4.30. The zero-order valence-corrected chi connectivity index (χ0v) is 13.4. The van der Waals surface area contributed by atoms with Crippen LogP contribution >= 0.6 is 31.9 Å². The van der Waals surface area contributed by atoms with Crippen LogP contribution < -0.4 is 5.32 Å². The second-order valence-electron chi connectivity index (χ2n) is 4.24. The number of aromatic nitrogens is 2. The van der Waals surface area contributed by atoms with Crippen molar-refractivity contribution < 1.29 is 0 Å². The summed E-state index contributed by atoms with van der Waals surface area (Å²) in [5.41, 5.74) is 0.917. The Balaban J connectivity index is 2.33. The predicted octanol–water partition coefficient (Wildman–Crippen LogP) is 3.13. The number of hydrogen-bond acceptors (Lipinski definition) is 4. The van der Waals surface area contributed by atoms with Crippen LogP contribution in [0, 0.1) is 0 Å². The third kappa shape index (κ3) is 3.18. The summed E-state index contributed by atoms with van der Waals surface area (Å²) in [6.45, 7) is 1.81. The summed E-state index contributed by atoms with van der Waals surface area (Å²) in [5, 5.41) is 4.35. The zero-order chi connectivity index (χ0) is 13.1. The second-order valence-corrected chi connectivity index (χ2v) is 6.01. The van der Waals surface area contributed by atoms with Crippen LogP contribution in [0.15, 0.2) is 27.4 Å². The van der Waals surface area contributed by atoms with Gasteiger partial charge in [-0.1, -0.05) is 15.9 Å². The molecule has 96 valence electrons. The second kappa shape index (κ2) is 5.95. The van der Waals surface area contributed by atoms with Crippen molar-refractivity contribution in [1.29, 1.82) is 0 Å². The lowest BCUT2D eigenvalue weighted by Crippen LogP contribution is -2.21. The van der Waals surface area contributed by atoms with E-state index in [9.17, 15) is 0 Å². The van der Waals surface area contributed by atoms with E-state index < -0.39 is 0 Å². The molecule has 6 heteroatoms. The van der Waals surface area contributed by atoms with Gasteiger partial charge in [0.15, 0.2) is 0 Å². The number of fused-ring (bicyclic) bond motifs is 1. The van der Waals surface area contributed by atoms with Gasteiger partial charge in [-0.15, -0.1) is 0 Å². The molecule has 2 aromatic rings. The lowest BCUT2D eigenvalue weighted by atomic mass is 10.2. The molecule has 0 amide bonds. The normalized spacial score (nSPS) is 11.2. The highest BCUT2D eigenvalue weighted by atomic mass is 79.9. The van der Waals surface area contributed by atoms with Gasteiger partial charge in [0, 0.05) is 27.4 Å².